The van der Waals surface area contributed by atoms with E-state index < -0.39 is 12.2 Å². The summed E-state index contributed by atoms with van der Waals surface area (Å²) in [4.78, 5) is 10.6. The van der Waals surface area contributed by atoms with Gasteiger partial charge in [0.25, 0.3) is 0 Å². The van der Waals surface area contributed by atoms with Crippen LogP contribution in [0.3, 0.4) is 0 Å². The van der Waals surface area contributed by atoms with Gasteiger partial charge in [0.05, 0.1) is 13.2 Å². The monoisotopic (exact) mass is 443 g/mol. The smallest absolute Gasteiger partial charge is 0.404 e. The van der Waals surface area contributed by atoms with E-state index >= 15 is 0 Å². The minimum Gasteiger partial charge on any atom is -0.441 e. The maximum Gasteiger partial charge on any atom is 0.404 e. The molecule has 3 N–H and O–H groups in total. The highest BCUT2D eigenvalue weighted by molar-refractivity contribution is 5.64. The lowest BCUT2D eigenvalue weighted by atomic mass is 10.0. The number of aliphatic hydroxyl groups excluding tert-OH is 1. The van der Waals surface area contributed by atoms with Crippen LogP contribution in [-0.2, 0) is 9.47 Å². The molecule has 0 aromatic carbocycles. The van der Waals surface area contributed by atoms with Gasteiger partial charge < -0.3 is 20.3 Å². The summed E-state index contributed by atoms with van der Waals surface area (Å²) in [6.45, 7) is 2.87. The quantitative estimate of drug-likeness (QED) is 0.145. The topological polar surface area (TPSA) is 81.8 Å². The van der Waals surface area contributed by atoms with E-state index in [4.69, 9.17) is 20.3 Å². The molecule has 0 aliphatic rings. The number of carbonyl (C=O) groups excluding carboxylic acids is 1. The Kier molecular flexibility index (Phi) is 24.8. The van der Waals surface area contributed by atoms with Gasteiger partial charge in [-0.1, -0.05) is 129 Å². The number of unbranched alkanes of at least 4 members (excludes halogenated alkanes) is 19. The van der Waals surface area contributed by atoms with Gasteiger partial charge in [0, 0.05) is 6.61 Å². The van der Waals surface area contributed by atoms with E-state index in [-0.39, 0.29) is 13.2 Å². The molecule has 31 heavy (non-hydrogen) atoms. The van der Waals surface area contributed by atoms with E-state index in [2.05, 4.69) is 6.92 Å². The van der Waals surface area contributed by atoms with Gasteiger partial charge in [0.15, 0.2) is 0 Å². The number of amides is 1. The lowest BCUT2D eigenvalue weighted by Gasteiger charge is -2.13. The van der Waals surface area contributed by atoms with Crippen LogP contribution in [0.1, 0.15) is 135 Å². The summed E-state index contributed by atoms with van der Waals surface area (Å²) in [7, 11) is 0. The second-order valence-electron chi connectivity index (χ2n) is 9.03. The number of rotatable bonds is 25. The first kappa shape index (κ1) is 30.2. The average molecular weight is 444 g/mol. The van der Waals surface area contributed by atoms with Gasteiger partial charge in [0.2, 0.25) is 0 Å². The molecule has 0 radical (unpaired) electrons. The van der Waals surface area contributed by atoms with Gasteiger partial charge in [-0.2, -0.15) is 0 Å². The molecule has 5 heteroatoms. The standard InChI is InChI=1S/C26H53NO4/c1-2-3-4-5-6-7-8-9-10-11-12-13-14-15-16-17-18-19-20-21-22-30-24-25(23-28)31-26(27)29/h25,28H,2-24H2,1H3,(H2,27,29)/t25-/m0/s1. The summed E-state index contributed by atoms with van der Waals surface area (Å²) in [5.74, 6) is 0. The molecule has 0 rings (SSSR count). The molecule has 1 atom stereocenters. The molecule has 0 heterocycles. The van der Waals surface area contributed by atoms with Crippen molar-refractivity contribution in [2.24, 2.45) is 5.73 Å². The molecule has 0 aromatic rings. The minimum absolute atomic E-state index is 0.207. The molecule has 0 saturated heterocycles. The van der Waals surface area contributed by atoms with Gasteiger partial charge in [-0.05, 0) is 6.42 Å². The molecule has 0 saturated carbocycles. The van der Waals surface area contributed by atoms with E-state index in [9.17, 15) is 4.79 Å². The van der Waals surface area contributed by atoms with Crippen LogP contribution in [0.5, 0.6) is 0 Å². The Morgan fingerprint density at radius 2 is 1.03 bits per heavy atom. The maximum absolute atomic E-state index is 10.6. The van der Waals surface area contributed by atoms with Crippen LogP contribution in [0.2, 0.25) is 0 Å². The van der Waals surface area contributed by atoms with Gasteiger partial charge in [-0.15, -0.1) is 0 Å². The number of primary amides is 1. The molecular formula is C26H53NO4. The predicted molar refractivity (Wildman–Crippen MR) is 130 cm³/mol. The van der Waals surface area contributed by atoms with Crippen LogP contribution in [0, 0.1) is 0 Å². The fourth-order valence-electron chi connectivity index (χ4n) is 3.96. The van der Waals surface area contributed by atoms with Crippen molar-refractivity contribution >= 4 is 6.09 Å². The predicted octanol–water partition coefficient (Wildman–Crippen LogP) is 7.28. The minimum atomic E-state index is -0.874. The zero-order valence-electron chi connectivity index (χ0n) is 20.6. The summed E-state index contributed by atoms with van der Waals surface area (Å²) in [6.07, 6.45) is 25.9. The Hall–Kier alpha value is -0.810. The number of ether oxygens (including phenoxy) is 2. The Morgan fingerprint density at radius 3 is 1.35 bits per heavy atom. The molecule has 1 amide bonds. The van der Waals surface area contributed by atoms with Gasteiger partial charge >= 0.3 is 6.09 Å². The molecule has 0 unspecified atom stereocenters. The summed E-state index contributed by atoms with van der Waals surface area (Å²) >= 11 is 0. The SMILES string of the molecule is CCCCCCCCCCCCCCCCCCCCCCOC[C@H](CO)OC(N)=O. The Bertz CT molecular complexity index is 365. The first-order valence-corrected chi connectivity index (χ1v) is 13.3. The molecule has 0 fully saturated rings. The summed E-state index contributed by atoms with van der Waals surface area (Å²) in [6, 6.07) is 0. The van der Waals surface area contributed by atoms with E-state index in [0.29, 0.717) is 6.61 Å². The van der Waals surface area contributed by atoms with Crippen molar-refractivity contribution in [1.29, 1.82) is 0 Å². The summed E-state index contributed by atoms with van der Waals surface area (Å²) < 4.78 is 10.1. The van der Waals surface area contributed by atoms with Crippen molar-refractivity contribution < 1.29 is 19.4 Å². The van der Waals surface area contributed by atoms with Crippen molar-refractivity contribution in [2.45, 2.75) is 141 Å². The molecule has 0 spiro atoms. The second-order valence-corrected chi connectivity index (χ2v) is 9.03. The first-order valence-electron chi connectivity index (χ1n) is 13.3. The molecule has 5 nitrogen and oxygen atoms in total. The lowest BCUT2D eigenvalue weighted by Crippen LogP contribution is -2.30. The molecular weight excluding hydrogens is 390 g/mol. The van der Waals surface area contributed by atoms with Crippen molar-refractivity contribution in [1.82, 2.24) is 0 Å². The molecule has 0 aliphatic carbocycles. The van der Waals surface area contributed by atoms with Gasteiger partial charge in [-0.3, -0.25) is 0 Å². The third-order valence-corrected chi connectivity index (χ3v) is 5.93. The van der Waals surface area contributed by atoms with E-state index in [1.54, 1.807) is 0 Å². The third-order valence-electron chi connectivity index (χ3n) is 5.93. The Balaban J connectivity index is 3.11. The van der Waals surface area contributed by atoms with Crippen LogP contribution in [-0.4, -0.2) is 37.1 Å². The molecule has 0 aromatic heterocycles. The van der Waals surface area contributed by atoms with Crippen molar-refractivity contribution in [2.75, 3.05) is 19.8 Å². The van der Waals surface area contributed by atoms with Crippen LogP contribution in [0.25, 0.3) is 0 Å². The fourth-order valence-corrected chi connectivity index (χ4v) is 3.96. The van der Waals surface area contributed by atoms with Crippen molar-refractivity contribution in [3.63, 3.8) is 0 Å². The van der Waals surface area contributed by atoms with E-state index in [1.807, 2.05) is 0 Å². The molecule has 0 aliphatic heterocycles. The number of hydrogen-bond acceptors (Lipinski definition) is 4. The second kappa shape index (κ2) is 25.5. The maximum atomic E-state index is 10.6. The van der Waals surface area contributed by atoms with Crippen LogP contribution in [0.15, 0.2) is 0 Å². The van der Waals surface area contributed by atoms with Crippen LogP contribution >= 0.6 is 0 Å². The van der Waals surface area contributed by atoms with E-state index in [0.717, 1.165) is 6.42 Å². The van der Waals surface area contributed by atoms with Crippen LogP contribution < -0.4 is 5.73 Å². The van der Waals surface area contributed by atoms with Gasteiger partial charge in [-0.25, -0.2) is 4.79 Å². The van der Waals surface area contributed by atoms with Crippen molar-refractivity contribution in [3.8, 4) is 0 Å². The van der Waals surface area contributed by atoms with E-state index in [1.165, 1.54) is 122 Å². The fraction of sp³-hybridized carbons (Fsp3) is 0.962. The zero-order chi connectivity index (χ0) is 22.8. The first-order chi connectivity index (χ1) is 15.2. The Labute approximate surface area is 192 Å². The summed E-state index contributed by atoms with van der Waals surface area (Å²) in [5, 5.41) is 9.03. The zero-order valence-corrected chi connectivity index (χ0v) is 20.6. The third kappa shape index (κ3) is 25.3. The normalized spacial score (nSPS) is 12.2. The number of nitrogens with two attached hydrogens (primary N) is 1. The number of aliphatic hydroxyl groups is 1. The average Bonchev–Trinajstić information content (AvgIpc) is 2.76. The number of carbonyl (C=O) groups is 1. The summed E-state index contributed by atoms with van der Waals surface area (Å²) in [5.41, 5.74) is 4.93. The highest BCUT2D eigenvalue weighted by Gasteiger charge is 2.10. The Morgan fingerprint density at radius 1 is 0.677 bits per heavy atom. The molecule has 0 bridgehead atoms. The lowest BCUT2D eigenvalue weighted by molar-refractivity contribution is -0.00463. The van der Waals surface area contributed by atoms with Crippen LogP contribution in [0.4, 0.5) is 4.79 Å². The molecule has 186 valence electrons. The highest BCUT2D eigenvalue weighted by atomic mass is 16.6. The van der Waals surface area contributed by atoms with Gasteiger partial charge in [0.1, 0.15) is 6.10 Å². The largest absolute Gasteiger partial charge is 0.441 e. The number of hydrogen-bond donors (Lipinski definition) is 2. The van der Waals surface area contributed by atoms with Crippen molar-refractivity contribution in [3.05, 3.63) is 0 Å². The highest BCUT2D eigenvalue weighted by Crippen LogP contribution is 2.14.